The Kier molecular flexibility index (Phi) is 7.82. The molecule has 1 fully saturated rings. The van der Waals surface area contributed by atoms with Gasteiger partial charge in [0.2, 0.25) is 5.91 Å². The minimum Gasteiger partial charge on any atom is -0.497 e. The van der Waals surface area contributed by atoms with Crippen LogP contribution in [-0.2, 0) is 17.6 Å². The molecule has 1 saturated heterocycles. The molecule has 4 aromatic rings. The molecule has 6 nitrogen and oxygen atoms in total. The number of ether oxygens (including phenoxy) is 1. The van der Waals surface area contributed by atoms with Crippen LogP contribution in [-0.4, -0.2) is 45.5 Å². The Bertz CT molecular complexity index is 1370. The van der Waals surface area contributed by atoms with Crippen LogP contribution in [0.15, 0.2) is 73.1 Å². The topological polar surface area (TPSA) is 60.2 Å². The average molecular weight is 513 g/mol. The highest BCUT2D eigenvalue weighted by Gasteiger charge is 2.25. The van der Waals surface area contributed by atoms with Crippen molar-refractivity contribution in [1.29, 1.82) is 0 Å². The molecule has 1 aliphatic heterocycles. The molecule has 0 radical (unpaired) electrons. The number of carbonyl (C=O) groups excluding carboxylic acids is 1. The lowest BCUT2D eigenvalue weighted by molar-refractivity contribution is -0.132. The summed E-state index contributed by atoms with van der Waals surface area (Å²) in [5.74, 6) is 1.84. The maximum absolute atomic E-state index is 13.6. The SMILES string of the molecule is COc1ccnc(CCC2CCN(C(=O)Cc3nc(-c4ccc(C)cc4)cn3-c3ccc(F)cc3)CC2)c1. The molecular formula is C31H33FN4O2. The summed E-state index contributed by atoms with van der Waals surface area (Å²) >= 11 is 0. The van der Waals surface area contributed by atoms with E-state index in [1.165, 1.54) is 17.7 Å². The van der Waals surface area contributed by atoms with Crippen LogP contribution in [0.2, 0.25) is 0 Å². The average Bonchev–Trinajstić information content (AvgIpc) is 3.36. The van der Waals surface area contributed by atoms with E-state index in [2.05, 4.69) is 4.98 Å². The number of hydrogen-bond donors (Lipinski definition) is 0. The zero-order chi connectivity index (χ0) is 26.5. The third-order valence-electron chi connectivity index (χ3n) is 7.34. The van der Waals surface area contributed by atoms with Gasteiger partial charge in [0.05, 0.1) is 19.2 Å². The van der Waals surface area contributed by atoms with Crippen LogP contribution in [0.5, 0.6) is 5.75 Å². The van der Waals surface area contributed by atoms with Gasteiger partial charge in [-0.2, -0.15) is 0 Å². The Labute approximate surface area is 223 Å². The van der Waals surface area contributed by atoms with Gasteiger partial charge in [0.15, 0.2) is 0 Å². The number of hydrogen-bond acceptors (Lipinski definition) is 4. The van der Waals surface area contributed by atoms with Crippen molar-refractivity contribution < 1.29 is 13.9 Å². The van der Waals surface area contributed by atoms with Gasteiger partial charge in [-0.25, -0.2) is 9.37 Å². The molecule has 3 heterocycles. The highest BCUT2D eigenvalue weighted by atomic mass is 19.1. The Morgan fingerprint density at radius 2 is 1.79 bits per heavy atom. The summed E-state index contributed by atoms with van der Waals surface area (Å²) in [6.45, 7) is 3.54. The third kappa shape index (κ3) is 6.10. The summed E-state index contributed by atoms with van der Waals surface area (Å²) in [5.41, 5.74) is 4.77. The van der Waals surface area contributed by atoms with Crippen molar-refractivity contribution in [2.45, 2.75) is 39.0 Å². The van der Waals surface area contributed by atoms with Gasteiger partial charge in [-0.1, -0.05) is 29.8 Å². The number of likely N-dealkylation sites (tertiary alicyclic amines) is 1. The number of pyridine rings is 1. The van der Waals surface area contributed by atoms with Crippen LogP contribution in [0.3, 0.4) is 0 Å². The van der Waals surface area contributed by atoms with E-state index in [1.807, 2.05) is 59.0 Å². The molecule has 0 unspecified atom stereocenters. The number of aromatic nitrogens is 3. The highest BCUT2D eigenvalue weighted by molar-refractivity contribution is 5.78. The van der Waals surface area contributed by atoms with Crippen molar-refractivity contribution in [3.63, 3.8) is 0 Å². The summed E-state index contributed by atoms with van der Waals surface area (Å²) in [4.78, 5) is 24.6. The zero-order valence-electron chi connectivity index (χ0n) is 21.9. The van der Waals surface area contributed by atoms with Crippen molar-refractivity contribution in [3.05, 3.63) is 96.0 Å². The molecular weight excluding hydrogens is 479 g/mol. The van der Waals surface area contributed by atoms with E-state index in [-0.39, 0.29) is 18.1 Å². The fourth-order valence-corrected chi connectivity index (χ4v) is 5.02. The van der Waals surface area contributed by atoms with Gasteiger partial charge in [0.1, 0.15) is 17.4 Å². The normalized spacial score (nSPS) is 14.0. The second-order valence-corrected chi connectivity index (χ2v) is 9.98. The van der Waals surface area contributed by atoms with Gasteiger partial charge in [-0.05, 0) is 68.9 Å². The molecule has 38 heavy (non-hydrogen) atoms. The number of methoxy groups -OCH3 is 1. The molecule has 0 atom stereocenters. The van der Waals surface area contributed by atoms with E-state index in [1.54, 1.807) is 25.4 Å². The molecule has 5 rings (SSSR count). The van der Waals surface area contributed by atoms with Gasteiger partial charge in [0, 0.05) is 48.5 Å². The van der Waals surface area contributed by atoms with Crippen LogP contribution in [0.1, 0.15) is 36.3 Å². The number of amides is 1. The number of carbonyl (C=O) groups is 1. The molecule has 0 aliphatic carbocycles. The fraction of sp³-hybridized carbons (Fsp3) is 0.323. The number of aryl methyl sites for hydroxylation is 2. The summed E-state index contributed by atoms with van der Waals surface area (Å²) in [7, 11) is 1.67. The lowest BCUT2D eigenvalue weighted by Gasteiger charge is -2.32. The second-order valence-electron chi connectivity index (χ2n) is 9.98. The number of rotatable bonds is 8. The monoisotopic (exact) mass is 512 g/mol. The number of imidazole rings is 1. The smallest absolute Gasteiger partial charge is 0.230 e. The summed E-state index contributed by atoms with van der Waals surface area (Å²) in [6, 6.07) is 18.3. The van der Waals surface area contributed by atoms with Crippen LogP contribution < -0.4 is 4.74 Å². The van der Waals surface area contributed by atoms with E-state index < -0.39 is 0 Å². The Morgan fingerprint density at radius 3 is 2.50 bits per heavy atom. The van der Waals surface area contributed by atoms with Crippen LogP contribution >= 0.6 is 0 Å². The minimum absolute atomic E-state index is 0.0716. The third-order valence-corrected chi connectivity index (χ3v) is 7.34. The van der Waals surface area contributed by atoms with Crippen molar-refractivity contribution in [2.24, 2.45) is 5.92 Å². The Balaban J connectivity index is 1.25. The number of halogens is 1. The van der Waals surface area contributed by atoms with Gasteiger partial charge < -0.3 is 14.2 Å². The Morgan fingerprint density at radius 1 is 1.05 bits per heavy atom. The van der Waals surface area contributed by atoms with Crippen molar-refractivity contribution in [1.82, 2.24) is 19.4 Å². The van der Waals surface area contributed by atoms with Crippen molar-refractivity contribution >= 4 is 5.91 Å². The molecule has 1 aliphatic rings. The zero-order valence-corrected chi connectivity index (χ0v) is 21.9. The first-order valence-corrected chi connectivity index (χ1v) is 13.2. The summed E-state index contributed by atoms with van der Waals surface area (Å²) in [5, 5.41) is 0. The molecule has 196 valence electrons. The Hall–Kier alpha value is -4.00. The van der Waals surface area contributed by atoms with Gasteiger partial charge in [-0.3, -0.25) is 9.78 Å². The molecule has 1 amide bonds. The van der Waals surface area contributed by atoms with Gasteiger partial charge in [0.25, 0.3) is 0 Å². The molecule has 0 bridgehead atoms. The highest BCUT2D eigenvalue weighted by Crippen LogP contribution is 2.26. The van der Waals surface area contributed by atoms with Crippen molar-refractivity contribution in [2.75, 3.05) is 20.2 Å². The van der Waals surface area contributed by atoms with E-state index >= 15 is 0 Å². The maximum atomic E-state index is 13.6. The van der Waals surface area contributed by atoms with E-state index in [0.29, 0.717) is 11.7 Å². The molecule has 0 N–H and O–H groups in total. The standard InChI is InChI=1S/C31H33FN4O2/c1-22-3-6-24(7-4-22)29-21-36(27-11-8-25(32)9-12-27)30(34-29)20-31(37)35-17-14-23(15-18-35)5-10-26-19-28(38-2)13-16-33-26/h3-4,6-9,11-13,16,19,21,23H,5,10,14-15,17-18,20H2,1-2H3. The summed E-state index contributed by atoms with van der Waals surface area (Å²) in [6.07, 6.45) is 7.84. The fourth-order valence-electron chi connectivity index (χ4n) is 5.02. The van der Waals surface area contributed by atoms with Crippen LogP contribution in [0.4, 0.5) is 4.39 Å². The lowest BCUT2D eigenvalue weighted by atomic mass is 9.91. The predicted octanol–water partition coefficient (Wildman–Crippen LogP) is 5.80. The molecule has 2 aromatic heterocycles. The molecule has 2 aromatic carbocycles. The number of benzene rings is 2. The minimum atomic E-state index is -0.296. The van der Waals surface area contributed by atoms with Crippen LogP contribution in [0.25, 0.3) is 16.9 Å². The van der Waals surface area contributed by atoms with E-state index in [9.17, 15) is 9.18 Å². The first-order chi connectivity index (χ1) is 18.5. The van der Waals surface area contributed by atoms with Gasteiger partial charge >= 0.3 is 0 Å². The van der Waals surface area contributed by atoms with E-state index in [0.717, 1.165) is 67.2 Å². The van der Waals surface area contributed by atoms with Crippen LogP contribution in [0, 0.1) is 18.7 Å². The molecule has 0 spiro atoms. The quantitative estimate of drug-likeness (QED) is 0.299. The number of nitrogens with zero attached hydrogens (tertiary/aromatic N) is 4. The molecule has 7 heteroatoms. The molecule has 0 saturated carbocycles. The lowest BCUT2D eigenvalue weighted by Crippen LogP contribution is -2.39. The number of piperidine rings is 1. The summed E-state index contributed by atoms with van der Waals surface area (Å²) < 4.78 is 20.8. The van der Waals surface area contributed by atoms with Crippen molar-refractivity contribution in [3.8, 4) is 22.7 Å². The maximum Gasteiger partial charge on any atom is 0.230 e. The largest absolute Gasteiger partial charge is 0.497 e. The van der Waals surface area contributed by atoms with E-state index in [4.69, 9.17) is 9.72 Å². The first-order valence-electron chi connectivity index (χ1n) is 13.2. The first kappa shape index (κ1) is 25.6. The second kappa shape index (κ2) is 11.6. The predicted molar refractivity (Wildman–Crippen MR) is 146 cm³/mol. The van der Waals surface area contributed by atoms with Gasteiger partial charge in [-0.15, -0.1) is 0 Å².